The Morgan fingerprint density at radius 3 is 2.52 bits per heavy atom. The largest absolute Gasteiger partial charge is 0.396 e. The van der Waals surface area contributed by atoms with E-state index in [1.165, 1.54) is 13.0 Å². The quantitative estimate of drug-likeness (QED) is 0.195. The number of aromatic nitrogens is 2. The predicted molar refractivity (Wildman–Crippen MR) is 97.5 cm³/mol. The Morgan fingerprint density at radius 2 is 1.93 bits per heavy atom. The van der Waals surface area contributed by atoms with Crippen LogP contribution in [0, 0.1) is 18.2 Å². The molecule has 0 aliphatic heterocycles. The highest BCUT2D eigenvalue weighted by Gasteiger charge is 2.28. The third-order valence-corrected chi connectivity index (χ3v) is 4.34. The molecule has 0 saturated carbocycles. The van der Waals surface area contributed by atoms with Crippen molar-refractivity contribution in [1.29, 1.82) is 5.41 Å². The molecule has 0 bridgehead atoms. The van der Waals surface area contributed by atoms with Gasteiger partial charge in [-0.25, -0.2) is 4.39 Å². The maximum absolute atomic E-state index is 13.8. The summed E-state index contributed by atoms with van der Waals surface area (Å²) in [4.78, 5) is 18.9. The first-order valence-electron chi connectivity index (χ1n) is 7.65. The predicted octanol–water partition coefficient (Wildman–Crippen LogP) is 0.287. The molecule has 0 unspecified atom stereocenters. The fourth-order valence-electron chi connectivity index (χ4n) is 2.96. The Balaban J connectivity index is 2.50. The summed E-state index contributed by atoms with van der Waals surface area (Å²) in [6.07, 6.45) is 1.84. The minimum atomic E-state index is -3.16. The van der Waals surface area contributed by atoms with E-state index in [1.54, 1.807) is 0 Å². The van der Waals surface area contributed by atoms with Crippen LogP contribution in [0.1, 0.15) is 16.7 Å². The Hall–Kier alpha value is -3.34. The van der Waals surface area contributed by atoms with E-state index in [0.717, 1.165) is 18.5 Å². The number of halogens is 1. The topological polar surface area (TPSA) is 182 Å². The van der Waals surface area contributed by atoms with Gasteiger partial charge in [0.1, 0.15) is 11.5 Å². The zero-order valence-electron chi connectivity index (χ0n) is 14.0. The Morgan fingerprint density at radius 1 is 1.26 bits per heavy atom. The molecule has 0 amide bonds. The van der Waals surface area contributed by atoms with E-state index in [-0.39, 0.29) is 50.2 Å². The fourth-order valence-corrected chi connectivity index (χ4v) is 2.96. The van der Waals surface area contributed by atoms with Gasteiger partial charge in [-0.3, -0.25) is 9.78 Å². The normalized spacial score (nSPS) is 11.7. The van der Waals surface area contributed by atoms with Crippen molar-refractivity contribution in [2.45, 2.75) is 12.9 Å². The van der Waals surface area contributed by atoms with Crippen LogP contribution in [0.5, 0.6) is 0 Å². The second-order valence-electron chi connectivity index (χ2n) is 5.97. The zero-order valence-corrected chi connectivity index (χ0v) is 14.0. The van der Waals surface area contributed by atoms with Gasteiger partial charge in [0.15, 0.2) is 0 Å². The number of aryl methyl sites for hydroxylation is 1. The van der Waals surface area contributed by atoms with Gasteiger partial charge in [0, 0.05) is 23.5 Å². The molecule has 3 rings (SSSR count). The lowest BCUT2D eigenvalue weighted by molar-refractivity contribution is -0.324. The van der Waals surface area contributed by atoms with Crippen LogP contribution in [0.25, 0.3) is 22.2 Å². The van der Waals surface area contributed by atoms with E-state index in [0.29, 0.717) is 0 Å². The van der Waals surface area contributed by atoms with Crippen LogP contribution in [0.4, 0.5) is 15.8 Å². The number of benzene rings is 1. The van der Waals surface area contributed by atoms with E-state index in [2.05, 4.69) is 9.97 Å². The van der Waals surface area contributed by atoms with Crippen molar-refractivity contribution < 1.29 is 19.7 Å². The molecule has 0 aliphatic carbocycles. The van der Waals surface area contributed by atoms with Gasteiger partial charge in [-0.05, 0) is 24.1 Å². The number of nitrogens with two attached hydrogens (primary N) is 2. The molecule has 140 valence electrons. The summed E-state index contributed by atoms with van der Waals surface area (Å²) in [7, 11) is 0. The van der Waals surface area contributed by atoms with Gasteiger partial charge < -0.3 is 37.2 Å². The molecule has 0 radical (unpaired) electrons. The number of anilines is 2. The van der Waals surface area contributed by atoms with Gasteiger partial charge in [-0.2, -0.15) is 0 Å². The summed E-state index contributed by atoms with van der Waals surface area (Å²) in [5, 5.41) is 35.9. The average molecular weight is 373 g/mol. The van der Waals surface area contributed by atoms with Crippen LogP contribution in [0.3, 0.4) is 0 Å². The molecule has 0 saturated heterocycles. The first-order chi connectivity index (χ1) is 12.6. The number of nitrogens with one attached hydrogen (secondary N) is 2. The highest BCUT2D eigenvalue weighted by molar-refractivity contribution is 6.05. The maximum Gasteiger partial charge on any atom is 0.306 e. The van der Waals surface area contributed by atoms with Crippen LogP contribution in [0.15, 0.2) is 23.1 Å². The van der Waals surface area contributed by atoms with Crippen LogP contribution in [-0.4, -0.2) is 31.5 Å². The smallest absolute Gasteiger partial charge is 0.306 e. The molecular weight excluding hydrogens is 357 g/mol. The van der Waals surface area contributed by atoms with Gasteiger partial charge in [0.05, 0.1) is 22.3 Å². The molecule has 0 aliphatic rings. The van der Waals surface area contributed by atoms with Gasteiger partial charge in [-0.15, -0.1) is 0 Å². The molecule has 1 aromatic carbocycles. The molecule has 9 nitrogen and oxygen atoms in total. The second kappa shape index (κ2) is 6.13. The van der Waals surface area contributed by atoms with Crippen molar-refractivity contribution in [2.75, 3.05) is 11.5 Å². The van der Waals surface area contributed by atoms with Gasteiger partial charge in [0.25, 0.3) is 5.56 Å². The summed E-state index contributed by atoms with van der Waals surface area (Å²) >= 11 is 0. The first kappa shape index (κ1) is 18.5. The van der Waals surface area contributed by atoms with Crippen LogP contribution >= 0.6 is 0 Å². The summed E-state index contributed by atoms with van der Waals surface area (Å²) in [6, 6.07) is 2.39. The summed E-state index contributed by atoms with van der Waals surface area (Å²) in [5.41, 5.74) is 10.7. The third-order valence-electron chi connectivity index (χ3n) is 4.34. The molecule has 3 aromatic rings. The monoisotopic (exact) mass is 373 g/mol. The number of fused-ring (bicyclic) bond motifs is 1. The molecule has 2 heterocycles. The van der Waals surface area contributed by atoms with Gasteiger partial charge in [-0.1, -0.05) is 6.07 Å². The summed E-state index contributed by atoms with van der Waals surface area (Å²) < 4.78 is 13.8. The number of hydrogen-bond donors (Lipinski definition) is 7. The lowest BCUT2D eigenvalue weighted by Crippen LogP contribution is -2.26. The number of pyridine rings is 2. The zero-order chi connectivity index (χ0) is 20.1. The second-order valence-corrected chi connectivity index (χ2v) is 5.97. The Labute approximate surface area is 151 Å². The molecule has 0 atom stereocenters. The maximum atomic E-state index is 13.8. The first-order valence-corrected chi connectivity index (χ1v) is 7.65. The van der Waals surface area contributed by atoms with Crippen molar-refractivity contribution in [2.24, 2.45) is 0 Å². The standard InChI is InChI=1S/C17H16FN5O4/c1-6-9(17(25,26)27)5-22-15-11(13(21)16(24)23-14(6)15)7-2-3-10(18)12(20)8(7)4-19/h2-5,19,25-27H,20-21H2,1H3,(H,23,24). The summed E-state index contributed by atoms with van der Waals surface area (Å²) in [6.45, 7) is 1.43. The van der Waals surface area contributed by atoms with E-state index in [9.17, 15) is 24.5 Å². The van der Waals surface area contributed by atoms with Gasteiger partial charge in [0.2, 0.25) is 0 Å². The molecule has 0 fully saturated rings. The number of nitrogen functional groups attached to an aromatic ring is 2. The summed E-state index contributed by atoms with van der Waals surface area (Å²) in [5.74, 6) is -3.90. The third kappa shape index (κ3) is 2.81. The molecule has 27 heavy (non-hydrogen) atoms. The van der Waals surface area contributed by atoms with Crippen LogP contribution in [0.2, 0.25) is 0 Å². The van der Waals surface area contributed by atoms with Crippen molar-refractivity contribution in [1.82, 2.24) is 9.97 Å². The van der Waals surface area contributed by atoms with Crippen molar-refractivity contribution in [3.63, 3.8) is 0 Å². The number of H-pyrrole nitrogens is 1. The van der Waals surface area contributed by atoms with Gasteiger partial charge >= 0.3 is 5.97 Å². The highest BCUT2D eigenvalue weighted by atomic mass is 19.1. The number of hydrogen-bond acceptors (Lipinski definition) is 8. The molecule has 0 spiro atoms. The number of nitrogens with zero attached hydrogens (tertiary/aromatic N) is 1. The van der Waals surface area contributed by atoms with E-state index in [4.69, 9.17) is 16.9 Å². The van der Waals surface area contributed by atoms with Crippen molar-refractivity contribution >= 4 is 28.6 Å². The molecule has 2 aromatic heterocycles. The lowest BCUT2D eigenvalue weighted by atomic mass is 9.95. The van der Waals surface area contributed by atoms with E-state index in [1.807, 2.05) is 0 Å². The van der Waals surface area contributed by atoms with Crippen molar-refractivity contribution in [3.05, 3.63) is 51.2 Å². The minimum absolute atomic E-state index is 0.0120. The number of aliphatic hydroxyl groups is 3. The molecule has 10 heteroatoms. The van der Waals surface area contributed by atoms with Crippen molar-refractivity contribution in [3.8, 4) is 11.1 Å². The van der Waals surface area contributed by atoms with E-state index < -0.39 is 17.3 Å². The Bertz CT molecular complexity index is 1150. The van der Waals surface area contributed by atoms with E-state index >= 15 is 0 Å². The van der Waals surface area contributed by atoms with Crippen LogP contribution < -0.4 is 17.0 Å². The molecular formula is C17H16FN5O4. The number of aromatic amines is 1. The average Bonchev–Trinajstić information content (AvgIpc) is 2.59. The van der Waals surface area contributed by atoms with Crippen LogP contribution in [-0.2, 0) is 5.97 Å². The fraction of sp³-hybridized carbons (Fsp3) is 0.118. The SMILES string of the molecule is Cc1c(C(O)(O)O)cnc2c(-c3ccc(F)c(N)c3C=N)c(N)c(=O)[nH]c12. The highest BCUT2D eigenvalue weighted by Crippen LogP contribution is 2.36. The Kier molecular flexibility index (Phi) is 4.19. The number of rotatable bonds is 3. The molecule has 9 N–H and O–H groups in total. The lowest BCUT2D eigenvalue weighted by Gasteiger charge is -2.19. The minimum Gasteiger partial charge on any atom is -0.396 e.